The molecule has 20 heavy (non-hydrogen) atoms. The molecule has 0 radical (unpaired) electrons. The van der Waals surface area contributed by atoms with Crippen LogP contribution in [0.25, 0.3) is 0 Å². The highest BCUT2D eigenvalue weighted by Gasteiger charge is 2.56. The lowest BCUT2D eigenvalue weighted by Crippen LogP contribution is -2.36. The topological polar surface area (TPSA) is 77.8 Å². The summed E-state index contributed by atoms with van der Waals surface area (Å²) in [5.74, 6) is -2.27. The Kier molecular flexibility index (Phi) is 4.09. The van der Waals surface area contributed by atoms with Crippen molar-refractivity contribution in [2.45, 2.75) is 25.9 Å². The Balaban J connectivity index is 2.21. The number of hydrogen-bond donors (Lipinski definition) is 2. The van der Waals surface area contributed by atoms with Crippen LogP contribution >= 0.6 is 0 Å². The number of benzene rings is 1. The van der Waals surface area contributed by atoms with Crippen molar-refractivity contribution in [2.24, 2.45) is 11.8 Å². The van der Waals surface area contributed by atoms with Gasteiger partial charge >= 0.3 is 11.9 Å². The van der Waals surface area contributed by atoms with E-state index in [1.54, 1.807) is 4.90 Å². The van der Waals surface area contributed by atoms with Gasteiger partial charge in [-0.3, -0.25) is 14.5 Å². The lowest BCUT2D eigenvalue weighted by molar-refractivity contribution is -0.142. The van der Waals surface area contributed by atoms with Gasteiger partial charge in [0.1, 0.15) is 0 Å². The van der Waals surface area contributed by atoms with E-state index in [0.717, 1.165) is 5.56 Å². The molecule has 4 atom stereocenters. The zero-order chi connectivity index (χ0) is 14.9. The molecule has 1 aromatic carbocycles. The number of aliphatic carboxylic acids is 2. The largest absolute Gasteiger partial charge is 0.481 e. The first-order valence-corrected chi connectivity index (χ1v) is 6.68. The number of rotatable bonds is 6. The molecule has 5 nitrogen and oxygen atoms in total. The van der Waals surface area contributed by atoms with E-state index in [1.807, 2.05) is 44.2 Å². The van der Waals surface area contributed by atoms with Crippen LogP contribution in [0, 0.1) is 11.8 Å². The van der Waals surface area contributed by atoms with Gasteiger partial charge in [-0.2, -0.15) is 0 Å². The molecule has 1 aromatic rings. The van der Waals surface area contributed by atoms with Crippen LogP contribution in [0.2, 0.25) is 0 Å². The highest BCUT2D eigenvalue weighted by Crippen LogP contribution is 2.46. The zero-order valence-corrected chi connectivity index (χ0v) is 11.6. The van der Waals surface area contributed by atoms with E-state index in [1.165, 1.54) is 0 Å². The molecule has 1 fully saturated rings. The fourth-order valence-corrected chi connectivity index (χ4v) is 2.90. The minimum atomic E-state index is -0.934. The summed E-state index contributed by atoms with van der Waals surface area (Å²) in [6.45, 7) is 3.63. The van der Waals surface area contributed by atoms with Gasteiger partial charge in [-0.05, 0) is 18.4 Å². The van der Waals surface area contributed by atoms with Crippen LogP contribution in [0.5, 0.6) is 0 Å². The van der Waals surface area contributed by atoms with Crippen LogP contribution in [-0.2, 0) is 9.59 Å². The van der Waals surface area contributed by atoms with Crippen LogP contribution in [-0.4, -0.2) is 39.6 Å². The lowest BCUT2D eigenvalue weighted by atomic mass is 10.1. The van der Waals surface area contributed by atoms with Crippen molar-refractivity contribution in [3.8, 4) is 0 Å². The average Bonchev–Trinajstić information content (AvgIpc) is 3.07. The summed E-state index contributed by atoms with van der Waals surface area (Å²) < 4.78 is 0. The van der Waals surface area contributed by atoms with Crippen molar-refractivity contribution >= 4 is 11.9 Å². The second-order valence-corrected chi connectivity index (χ2v) is 5.37. The molecule has 0 bridgehead atoms. The Morgan fingerprint density at radius 1 is 1.25 bits per heavy atom. The fraction of sp³-hybridized carbons (Fsp3) is 0.467. The molecular formula is C15H19NO4. The summed E-state index contributed by atoms with van der Waals surface area (Å²) >= 11 is 0. The molecule has 1 aliphatic rings. The van der Waals surface area contributed by atoms with Gasteiger partial charge in [0.25, 0.3) is 0 Å². The molecule has 1 aliphatic carbocycles. The summed E-state index contributed by atoms with van der Waals surface area (Å²) in [7, 11) is 0. The molecule has 0 heterocycles. The molecule has 0 spiro atoms. The molecular weight excluding hydrogens is 258 g/mol. The van der Waals surface area contributed by atoms with Crippen LogP contribution in [0.15, 0.2) is 30.3 Å². The molecule has 0 aromatic heterocycles. The number of carbonyl (C=O) groups is 2. The van der Waals surface area contributed by atoms with Crippen molar-refractivity contribution < 1.29 is 19.8 Å². The van der Waals surface area contributed by atoms with Gasteiger partial charge in [-0.15, -0.1) is 0 Å². The van der Waals surface area contributed by atoms with Crippen molar-refractivity contribution in [3.63, 3.8) is 0 Å². The molecule has 2 N–H and O–H groups in total. The summed E-state index contributed by atoms with van der Waals surface area (Å²) in [4.78, 5) is 24.0. The third kappa shape index (κ3) is 2.82. The maximum atomic E-state index is 11.2. The number of carboxylic acids is 2. The average molecular weight is 277 g/mol. The van der Waals surface area contributed by atoms with Crippen molar-refractivity contribution in [2.75, 3.05) is 6.54 Å². The van der Waals surface area contributed by atoms with Crippen LogP contribution in [0.1, 0.15) is 25.5 Å². The molecule has 4 unspecified atom stereocenters. The van der Waals surface area contributed by atoms with Crippen LogP contribution < -0.4 is 0 Å². The Labute approximate surface area is 117 Å². The lowest BCUT2D eigenvalue weighted by Gasteiger charge is -2.28. The highest BCUT2D eigenvalue weighted by molar-refractivity contribution is 5.76. The van der Waals surface area contributed by atoms with Crippen LogP contribution in [0.4, 0.5) is 0 Å². The molecule has 2 rings (SSSR count). The zero-order valence-electron chi connectivity index (χ0n) is 11.6. The van der Waals surface area contributed by atoms with E-state index < -0.39 is 17.9 Å². The van der Waals surface area contributed by atoms with E-state index >= 15 is 0 Å². The number of nitrogens with zero attached hydrogens (tertiary/aromatic N) is 1. The summed E-state index contributed by atoms with van der Waals surface area (Å²) in [5, 5.41) is 18.2. The highest BCUT2D eigenvalue weighted by atomic mass is 16.4. The predicted molar refractivity (Wildman–Crippen MR) is 73.3 cm³/mol. The first-order chi connectivity index (χ1) is 9.43. The Hall–Kier alpha value is -1.88. The predicted octanol–water partition coefficient (Wildman–Crippen LogP) is 1.85. The molecule has 0 saturated heterocycles. The quantitative estimate of drug-likeness (QED) is 0.829. The standard InChI is InChI=1S/C15H19NO4/c1-9-13(15(19)20)14(9)16(8-12(17)18)10(2)11-6-4-3-5-7-11/h3-7,9-10,13-14H,8H2,1-2H3,(H,17,18)(H,19,20). The van der Waals surface area contributed by atoms with E-state index in [2.05, 4.69) is 0 Å². The second kappa shape index (κ2) is 5.63. The molecule has 1 saturated carbocycles. The Morgan fingerprint density at radius 2 is 1.85 bits per heavy atom. The first kappa shape index (κ1) is 14.5. The van der Waals surface area contributed by atoms with E-state index in [-0.39, 0.29) is 24.5 Å². The van der Waals surface area contributed by atoms with Gasteiger partial charge in [-0.25, -0.2) is 0 Å². The van der Waals surface area contributed by atoms with Crippen molar-refractivity contribution in [1.82, 2.24) is 4.90 Å². The minimum absolute atomic E-state index is 0.0157. The van der Waals surface area contributed by atoms with Gasteiger partial charge in [-0.1, -0.05) is 37.3 Å². The minimum Gasteiger partial charge on any atom is -0.481 e. The summed E-state index contributed by atoms with van der Waals surface area (Å²) in [5.41, 5.74) is 0.997. The normalized spacial score (nSPS) is 26.2. The van der Waals surface area contributed by atoms with Crippen LogP contribution in [0.3, 0.4) is 0 Å². The Bertz CT molecular complexity index is 502. The SMILES string of the molecule is CC1C(C(=O)O)C1N(CC(=O)O)C(C)c1ccccc1. The maximum absolute atomic E-state index is 11.2. The van der Waals surface area contributed by atoms with Gasteiger partial charge in [0.05, 0.1) is 12.5 Å². The van der Waals surface area contributed by atoms with E-state index in [0.29, 0.717) is 0 Å². The molecule has 0 amide bonds. The molecule has 0 aliphatic heterocycles. The number of hydrogen-bond acceptors (Lipinski definition) is 3. The second-order valence-electron chi connectivity index (χ2n) is 5.37. The maximum Gasteiger partial charge on any atom is 0.317 e. The fourth-order valence-electron chi connectivity index (χ4n) is 2.90. The third-order valence-corrected chi connectivity index (χ3v) is 4.10. The summed E-state index contributed by atoms with van der Waals surface area (Å²) in [6, 6.07) is 9.23. The molecule has 108 valence electrons. The van der Waals surface area contributed by atoms with E-state index in [4.69, 9.17) is 10.2 Å². The van der Waals surface area contributed by atoms with Crippen molar-refractivity contribution in [3.05, 3.63) is 35.9 Å². The third-order valence-electron chi connectivity index (χ3n) is 4.10. The monoisotopic (exact) mass is 277 g/mol. The van der Waals surface area contributed by atoms with Gasteiger partial charge in [0.2, 0.25) is 0 Å². The van der Waals surface area contributed by atoms with Gasteiger partial charge in [0, 0.05) is 12.1 Å². The Morgan fingerprint density at radius 3 is 2.30 bits per heavy atom. The van der Waals surface area contributed by atoms with Gasteiger partial charge in [0.15, 0.2) is 0 Å². The van der Waals surface area contributed by atoms with E-state index in [9.17, 15) is 9.59 Å². The number of carboxylic acid groups (broad SMARTS) is 2. The van der Waals surface area contributed by atoms with Crippen molar-refractivity contribution in [1.29, 1.82) is 0 Å². The summed E-state index contributed by atoms with van der Waals surface area (Å²) in [6.07, 6.45) is 0. The smallest absolute Gasteiger partial charge is 0.317 e. The van der Waals surface area contributed by atoms with Gasteiger partial charge < -0.3 is 10.2 Å². The molecule has 5 heteroatoms. The first-order valence-electron chi connectivity index (χ1n) is 6.68.